The molecule has 1 aromatic rings. The maximum absolute atomic E-state index is 8.23. The Balaban J connectivity index is 2.90. The second kappa shape index (κ2) is 3.04. The predicted molar refractivity (Wildman–Crippen MR) is 42.1 cm³/mol. The molecule has 0 aliphatic rings. The van der Waals surface area contributed by atoms with Gasteiger partial charge in [-0.1, -0.05) is 6.07 Å². The standard InChI is InChI=1S/C7H6N2S/c8-4-3-6(9)7-2-1-5-10-7/h1-3,5H,9H2. The summed E-state index contributed by atoms with van der Waals surface area (Å²) >= 11 is 1.53. The Morgan fingerprint density at radius 3 is 3.10 bits per heavy atom. The SMILES string of the molecule is N#CC=C(N)c1cccs1. The number of hydrogen-bond acceptors (Lipinski definition) is 3. The van der Waals surface area contributed by atoms with Crippen molar-refractivity contribution >= 4 is 17.0 Å². The first kappa shape index (κ1) is 6.84. The lowest BCUT2D eigenvalue weighted by molar-refractivity contribution is 1.52. The summed E-state index contributed by atoms with van der Waals surface area (Å²) in [5.41, 5.74) is 6.04. The second-order valence-electron chi connectivity index (χ2n) is 1.71. The Labute approximate surface area is 63.2 Å². The van der Waals surface area contributed by atoms with Crippen molar-refractivity contribution in [3.05, 3.63) is 28.5 Å². The van der Waals surface area contributed by atoms with Crippen LogP contribution in [0, 0.1) is 11.3 Å². The molecule has 0 atom stereocenters. The molecule has 1 rings (SSSR count). The van der Waals surface area contributed by atoms with Crippen LogP contribution in [0.25, 0.3) is 5.70 Å². The van der Waals surface area contributed by atoms with Gasteiger partial charge in [-0.2, -0.15) is 5.26 Å². The molecule has 0 aliphatic carbocycles. The van der Waals surface area contributed by atoms with Crippen LogP contribution in [0.4, 0.5) is 0 Å². The van der Waals surface area contributed by atoms with Gasteiger partial charge in [0.1, 0.15) is 0 Å². The highest BCUT2D eigenvalue weighted by atomic mass is 32.1. The van der Waals surface area contributed by atoms with E-state index in [4.69, 9.17) is 11.0 Å². The van der Waals surface area contributed by atoms with Crippen molar-refractivity contribution in [1.82, 2.24) is 0 Å². The lowest BCUT2D eigenvalue weighted by atomic mass is 10.3. The summed E-state index contributed by atoms with van der Waals surface area (Å²) in [4.78, 5) is 0.946. The van der Waals surface area contributed by atoms with Gasteiger partial charge in [0.25, 0.3) is 0 Å². The van der Waals surface area contributed by atoms with Crippen molar-refractivity contribution in [3.63, 3.8) is 0 Å². The molecule has 2 nitrogen and oxygen atoms in total. The number of nitrogens with zero attached hydrogens (tertiary/aromatic N) is 1. The zero-order valence-corrected chi connectivity index (χ0v) is 6.06. The van der Waals surface area contributed by atoms with Crippen LogP contribution in [0.2, 0.25) is 0 Å². The smallest absolute Gasteiger partial charge is 0.0934 e. The molecule has 0 saturated carbocycles. The molecule has 0 amide bonds. The van der Waals surface area contributed by atoms with E-state index in [1.807, 2.05) is 23.6 Å². The minimum absolute atomic E-state index is 0.539. The van der Waals surface area contributed by atoms with Gasteiger partial charge in [0, 0.05) is 6.08 Å². The van der Waals surface area contributed by atoms with Crippen molar-refractivity contribution in [1.29, 1.82) is 5.26 Å². The molecule has 10 heavy (non-hydrogen) atoms. The molecule has 2 N–H and O–H groups in total. The van der Waals surface area contributed by atoms with E-state index >= 15 is 0 Å². The third kappa shape index (κ3) is 1.36. The van der Waals surface area contributed by atoms with Gasteiger partial charge in [-0.15, -0.1) is 11.3 Å². The molecule has 0 aliphatic heterocycles. The second-order valence-corrected chi connectivity index (χ2v) is 2.65. The van der Waals surface area contributed by atoms with Gasteiger partial charge in [0.2, 0.25) is 0 Å². The maximum Gasteiger partial charge on any atom is 0.0934 e. The summed E-state index contributed by atoms with van der Waals surface area (Å²) in [6.07, 6.45) is 1.34. The summed E-state index contributed by atoms with van der Waals surface area (Å²) in [7, 11) is 0. The summed E-state index contributed by atoms with van der Waals surface area (Å²) in [5.74, 6) is 0. The lowest BCUT2D eigenvalue weighted by Gasteiger charge is -1.89. The minimum atomic E-state index is 0.539. The molecule has 3 heteroatoms. The highest BCUT2D eigenvalue weighted by molar-refractivity contribution is 7.11. The molecule has 0 fully saturated rings. The Kier molecular flexibility index (Phi) is 2.08. The molecule has 0 bridgehead atoms. The number of thiophene rings is 1. The first-order valence-electron chi connectivity index (χ1n) is 2.73. The molecule has 0 spiro atoms. The highest BCUT2D eigenvalue weighted by Gasteiger charge is 1.93. The van der Waals surface area contributed by atoms with Gasteiger partial charge in [-0.25, -0.2) is 0 Å². The first-order valence-corrected chi connectivity index (χ1v) is 3.61. The Morgan fingerprint density at radius 2 is 2.60 bits per heavy atom. The Bertz CT molecular complexity index is 266. The largest absolute Gasteiger partial charge is 0.397 e. The van der Waals surface area contributed by atoms with Crippen molar-refractivity contribution in [2.75, 3.05) is 0 Å². The molecule has 50 valence electrons. The zero-order chi connectivity index (χ0) is 7.40. The van der Waals surface area contributed by atoms with Crippen molar-refractivity contribution in [2.45, 2.75) is 0 Å². The number of allylic oxidation sites excluding steroid dienone is 1. The Morgan fingerprint density at radius 1 is 1.80 bits per heavy atom. The number of rotatable bonds is 1. The molecular weight excluding hydrogens is 144 g/mol. The summed E-state index contributed by atoms with van der Waals surface area (Å²) in [6, 6.07) is 5.66. The summed E-state index contributed by atoms with van der Waals surface area (Å²) < 4.78 is 0. The normalized spacial score (nSPS) is 10.9. The monoisotopic (exact) mass is 150 g/mol. The van der Waals surface area contributed by atoms with Gasteiger partial charge in [0.15, 0.2) is 0 Å². The van der Waals surface area contributed by atoms with Crippen LogP contribution in [0.3, 0.4) is 0 Å². The third-order valence-corrected chi connectivity index (χ3v) is 1.94. The van der Waals surface area contributed by atoms with Crippen LogP contribution < -0.4 is 5.73 Å². The van der Waals surface area contributed by atoms with Crippen LogP contribution in [-0.2, 0) is 0 Å². The van der Waals surface area contributed by atoms with E-state index in [9.17, 15) is 0 Å². The number of nitriles is 1. The van der Waals surface area contributed by atoms with Crippen LogP contribution in [0.15, 0.2) is 23.6 Å². The van der Waals surface area contributed by atoms with E-state index < -0.39 is 0 Å². The number of nitrogens with two attached hydrogens (primary N) is 1. The molecule has 0 aromatic carbocycles. The first-order chi connectivity index (χ1) is 4.84. The van der Waals surface area contributed by atoms with E-state index in [2.05, 4.69) is 0 Å². The van der Waals surface area contributed by atoms with E-state index in [-0.39, 0.29) is 0 Å². The van der Waals surface area contributed by atoms with E-state index in [0.29, 0.717) is 5.70 Å². The molecule has 1 aromatic heterocycles. The fraction of sp³-hybridized carbons (Fsp3) is 0. The predicted octanol–water partition coefficient (Wildman–Crippen LogP) is 1.57. The fourth-order valence-corrected chi connectivity index (χ4v) is 1.24. The fourth-order valence-electron chi connectivity index (χ4n) is 0.583. The van der Waals surface area contributed by atoms with Gasteiger partial charge in [-0.05, 0) is 11.4 Å². The molecule has 0 unspecified atom stereocenters. The van der Waals surface area contributed by atoms with Crippen molar-refractivity contribution in [3.8, 4) is 6.07 Å². The van der Waals surface area contributed by atoms with Crippen molar-refractivity contribution in [2.24, 2.45) is 5.73 Å². The average Bonchev–Trinajstić information content (AvgIpc) is 2.38. The van der Waals surface area contributed by atoms with Crippen LogP contribution in [0.5, 0.6) is 0 Å². The van der Waals surface area contributed by atoms with E-state index in [1.54, 1.807) is 0 Å². The lowest BCUT2D eigenvalue weighted by Crippen LogP contribution is -1.91. The Hall–Kier alpha value is -1.27. The zero-order valence-electron chi connectivity index (χ0n) is 5.24. The van der Waals surface area contributed by atoms with E-state index in [0.717, 1.165) is 4.88 Å². The highest BCUT2D eigenvalue weighted by Crippen LogP contribution is 2.14. The maximum atomic E-state index is 8.23. The molecule has 1 heterocycles. The van der Waals surface area contributed by atoms with Crippen LogP contribution in [-0.4, -0.2) is 0 Å². The molecular formula is C7H6N2S. The molecule has 0 radical (unpaired) electrons. The quantitative estimate of drug-likeness (QED) is 0.618. The van der Waals surface area contributed by atoms with Gasteiger partial charge in [0.05, 0.1) is 16.6 Å². The van der Waals surface area contributed by atoms with Gasteiger partial charge < -0.3 is 5.73 Å². The van der Waals surface area contributed by atoms with Crippen LogP contribution >= 0.6 is 11.3 Å². The van der Waals surface area contributed by atoms with E-state index in [1.165, 1.54) is 17.4 Å². The van der Waals surface area contributed by atoms with Crippen LogP contribution in [0.1, 0.15) is 4.88 Å². The van der Waals surface area contributed by atoms with Crippen molar-refractivity contribution < 1.29 is 0 Å². The number of hydrogen-bond donors (Lipinski definition) is 1. The third-order valence-electron chi connectivity index (χ3n) is 1.03. The van der Waals surface area contributed by atoms with Gasteiger partial charge in [-0.3, -0.25) is 0 Å². The average molecular weight is 150 g/mol. The van der Waals surface area contributed by atoms with Gasteiger partial charge >= 0.3 is 0 Å². The molecule has 0 saturated heterocycles. The summed E-state index contributed by atoms with van der Waals surface area (Å²) in [6.45, 7) is 0. The minimum Gasteiger partial charge on any atom is -0.397 e. The topological polar surface area (TPSA) is 49.8 Å². The summed E-state index contributed by atoms with van der Waals surface area (Å²) in [5, 5.41) is 10.2.